The lowest BCUT2D eigenvalue weighted by Crippen LogP contribution is -2.31. The van der Waals surface area contributed by atoms with E-state index in [0.29, 0.717) is 45.5 Å². The van der Waals surface area contributed by atoms with Crippen LogP contribution in [0.25, 0.3) is 0 Å². The highest BCUT2D eigenvalue weighted by Crippen LogP contribution is 2.39. The van der Waals surface area contributed by atoms with Crippen LogP contribution < -0.4 is 20.5 Å². The number of ether oxygens (including phenoxy) is 2. The van der Waals surface area contributed by atoms with E-state index in [9.17, 15) is 4.79 Å². The van der Waals surface area contributed by atoms with Gasteiger partial charge in [0.05, 0.1) is 12.7 Å². The molecule has 0 bridgehead atoms. The number of aromatic nitrogens is 3. The van der Waals surface area contributed by atoms with Gasteiger partial charge < -0.3 is 20.5 Å². The number of nitrogens with one attached hydrogen (secondary N) is 1. The van der Waals surface area contributed by atoms with Crippen LogP contribution in [0.3, 0.4) is 0 Å². The van der Waals surface area contributed by atoms with Gasteiger partial charge in [-0.3, -0.25) is 4.79 Å². The smallest absolute Gasteiger partial charge is 0.248 e. The van der Waals surface area contributed by atoms with Crippen LogP contribution in [0.1, 0.15) is 31.0 Å². The Balaban J connectivity index is 1.69. The quantitative estimate of drug-likeness (QED) is 0.455. The molecule has 0 saturated carbocycles. The van der Waals surface area contributed by atoms with E-state index in [-0.39, 0.29) is 0 Å². The Hall–Kier alpha value is -3.17. The molecule has 33 heavy (non-hydrogen) atoms. The summed E-state index contributed by atoms with van der Waals surface area (Å²) < 4.78 is 13.3. The van der Waals surface area contributed by atoms with Gasteiger partial charge in [0.25, 0.3) is 0 Å². The summed E-state index contributed by atoms with van der Waals surface area (Å²) in [5, 5.41) is 9.04. The van der Waals surface area contributed by atoms with Crippen LogP contribution in [0.5, 0.6) is 11.5 Å². The van der Waals surface area contributed by atoms with Gasteiger partial charge in [0.1, 0.15) is 12.6 Å². The molecular formula is C23H24ClN5O3S. The van der Waals surface area contributed by atoms with Crippen molar-refractivity contribution in [3.05, 3.63) is 69.9 Å². The second-order valence-electron chi connectivity index (χ2n) is 7.35. The van der Waals surface area contributed by atoms with E-state index in [0.717, 1.165) is 16.9 Å². The Morgan fingerprint density at radius 2 is 2.00 bits per heavy atom. The molecule has 172 valence electrons. The van der Waals surface area contributed by atoms with Crippen molar-refractivity contribution >= 4 is 35.2 Å². The molecule has 8 nitrogen and oxygen atoms in total. The second kappa shape index (κ2) is 9.76. The topological polar surface area (TPSA) is 104 Å². The number of primary amides is 1. The number of anilines is 1. The highest BCUT2D eigenvalue weighted by atomic mass is 35.5. The molecule has 2 heterocycles. The number of rotatable bonds is 8. The number of hydrogen-bond donors (Lipinski definition) is 2. The largest absolute Gasteiger partial charge is 0.493 e. The molecule has 0 aliphatic carbocycles. The predicted octanol–water partition coefficient (Wildman–Crippen LogP) is 4.41. The lowest BCUT2D eigenvalue weighted by molar-refractivity contribution is -0.115. The zero-order chi connectivity index (χ0) is 23.5. The number of carbonyl (C=O) groups excluding carboxylic acids is 1. The van der Waals surface area contributed by atoms with Crippen molar-refractivity contribution in [3.63, 3.8) is 0 Å². The van der Waals surface area contributed by atoms with Crippen molar-refractivity contribution < 1.29 is 14.3 Å². The van der Waals surface area contributed by atoms with Gasteiger partial charge in [-0.15, -0.1) is 5.10 Å². The standard InChI is InChI=1S/C23H24ClN5O3S/c1-4-33-23-27-22-26-13(2)19(21(25)30)20(29(22)28-23)15-7-10-17(18(11-15)31-3)32-12-14-5-8-16(24)9-6-14/h5-11,20H,4,12H2,1-3H3,(H2,25,30)(H,26,27,28). The molecule has 1 atom stereocenters. The minimum absolute atomic E-state index is 0.358. The molecule has 1 aliphatic heterocycles. The minimum atomic E-state index is -0.545. The van der Waals surface area contributed by atoms with Crippen molar-refractivity contribution in [3.8, 4) is 11.5 Å². The van der Waals surface area contributed by atoms with E-state index in [1.54, 1.807) is 18.7 Å². The molecule has 1 aliphatic rings. The summed E-state index contributed by atoms with van der Waals surface area (Å²) in [6.07, 6.45) is 0. The molecule has 0 radical (unpaired) electrons. The predicted molar refractivity (Wildman–Crippen MR) is 129 cm³/mol. The third kappa shape index (κ3) is 4.79. The molecule has 1 aromatic heterocycles. The molecule has 0 saturated heterocycles. The van der Waals surface area contributed by atoms with Gasteiger partial charge in [0.15, 0.2) is 11.5 Å². The lowest BCUT2D eigenvalue weighted by Gasteiger charge is -2.28. The first-order valence-electron chi connectivity index (χ1n) is 10.3. The number of amides is 1. The molecule has 4 rings (SSSR count). The van der Waals surface area contributed by atoms with E-state index >= 15 is 0 Å². The number of nitrogens with two attached hydrogens (primary N) is 1. The molecule has 10 heteroatoms. The first-order chi connectivity index (χ1) is 15.9. The normalized spacial score (nSPS) is 15.1. The highest BCUT2D eigenvalue weighted by molar-refractivity contribution is 7.99. The summed E-state index contributed by atoms with van der Waals surface area (Å²) in [6, 6.07) is 12.4. The number of nitrogens with zero attached hydrogens (tertiary/aromatic N) is 3. The summed E-state index contributed by atoms with van der Waals surface area (Å²) >= 11 is 7.47. The first kappa shape index (κ1) is 23.0. The summed E-state index contributed by atoms with van der Waals surface area (Å²) in [7, 11) is 1.57. The number of hydrogen-bond acceptors (Lipinski definition) is 7. The van der Waals surface area contributed by atoms with E-state index in [2.05, 4.69) is 15.4 Å². The molecule has 0 spiro atoms. The Morgan fingerprint density at radius 3 is 2.67 bits per heavy atom. The van der Waals surface area contributed by atoms with Crippen LogP contribution in [0.4, 0.5) is 5.95 Å². The average Bonchev–Trinajstić information content (AvgIpc) is 3.19. The summed E-state index contributed by atoms with van der Waals surface area (Å²) in [5.41, 5.74) is 8.57. The van der Waals surface area contributed by atoms with Crippen molar-refractivity contribution in [1.29, 1.82) is 0 Å². The molecule has 2 aromatic carbocycles. The minimum Gasteiger partial charge on any atom is -0.493 e. The third-order valence-electron chi connectivity index (χ3n) is 5.18. The van der Waals surface area contributed by atoms with Crippen LogP contribution in [0.2, 0.25) is 5.02 Å². The van der Waals surface area contributed by atoms with E-state index in [1.807, 2.05) is 49.4 Å². The van der Waals surface area contributed by atoms with Gasteiger partial charge in [-0.1, -0.05) is 48.5 Å². The van der Waals surface area contributed by atoms with E-state index in [1.165, 1.54) is 11.8 Å². The van der Waals surface area contributed by atoms with E-state index in [4.69, 9.17) is 26.8 Å². The molecule has 3 aromatic rings. The maximum absolute atomic E-state index is 12.4. The maximum Gasteiger partial charge on any atom is 0.248 e. The molecule has 1 amide bonds. The Bertz CT molecular complexity index is 1210. The Labute approximate surface area is 201 Å². The number of fused-ring (bicyclic) bond motifs is 1. The van der Waals surface area contributed by atoms with Gasteiger partial charge >= 0.3 is 0 Å². The van der Waals surface area contributed by atoms with Gasteiger partial charge in [0.2, 0.25) is 17.0 Å². The van der Waals surface area contributed by atoms with Crippen LogP contribution in [-0.4, -0.2) is 33.5 Å². The monoisotopic (exact) mass is 485 g/mol. The SMILES string of the molecule is CCSc1nc2n(n1)C(c1ccc(OCc3ccc(Cl)cc3)c(OC)c1)C(C(N)=O)=C(C)N2. The number of halogens is 1. The van der Waals surface area contributed by atoms with Crippen LogP contribution in [0, 0.1) is 0 Å². The molecule has 3 N–H and O–H groups in total. The molecule has 1 unspecified atom stereocenters. The average molecular weight is 486 g/mol. The van der Waals surface area contributed by atoms with Crippen molar-refractivity contribution in [2.24, 2.45) is 5.73 Å². The lowest BCUT2D eigenvalue weighted by atomic mass is 9.95. The van der Waals surface area contributed by atoms with Crippen molar-refractivity contribution in [2.45, 2.75) is 31.7 Å². The first-order valence-corrected chi connectivity index (χ1v) is 11.7. The van der Waals surface area contributed by atoms with Gasteiger partial charge in [-0.2, -0.15) is 4.98 Å². The fourth-order valence-corrected chi connectivity index (χ4v) is 4.35. The maximum atomic E-state index is 12.4. The van der Waals surface area contributed by atoms with Gasteiger partial charge in [-0.05, 0) is 48.1 Å². The van der Waals surface area contributed by atoms with Gasteiger partial charge in [0, 0.05) is 10.7 Å². The van der Waals surface area contributed by atoms with E-state index < -0.39 is 11.9 Å². The Kier molecular flexibility index (Phi) is 6.80. The Morgan fingerprint density at radius 1 is 1.24 bits per heavy atom. The number of allylic oxidation sites excluding steroid dienone is 1. The number of carbonyl (C=O) groups is 1. The van der Waals surface area contributed by atoms with Crippen LogP contribution in [0.15, 0.2) is 58.9 Å². The zero-order valence-electron chi connectivity index (χ0n) is 18.5. The van der Waals surface area contributed by atoms with Crippen molar-refractivity contribution in [1.82, 2.24) is 14.8 Å². The van der Waals surface area contributed by atoms with Gasteiger partial charge in [-0.25, -0.2) is 4.68 Å². The molecule has 0 fully saturated rings. The summed E-state index contributed by atoms with van der Waals surface area (Å²) in [5.74, 6) is 1.97. The van der Waals surface area contributed by atoms with Crippen molar-refractivity contribution in [2.75, 3.05) is 18.2 Å². The molecular weight excluding hydrogens is 462 g/mol. The zero-order valence-corrected chi connectivity index (χ0v) is 20.0. The fourth-order valence-electron chi connectivity index (χ4n) is 3.66. The van der Waals surface area contributed by atoms with Crippen LogP contribution in [-0.2, 0) is 11.4 Å². The fraction of sp³-hybridized carbons (Fsp3) is 0.261. The summed E-state index contributed by atoms with van der Waals surface area (Å²) in [6.45, 7) is 4.19. The third-order valence-corrected chi connectivity index (χ3v) is 6.15. The summed E-state index contributed by atoms with van der Waals surface area (Å²) in [4.78, 5) is 16.9. The highest BCUT2D eigenvalue weighted by Gasteiger charge is 2.33. The number of benzene rings is 2. The number of thioether (sulfide) groups is 1. The van der Waals surface area contributed by atoms with Crippen LogP contribution >= 0.6 is 23.4 Å². The second-order valence-corrected chi connectivity index (χ2v) is 9.02. The number of methoxy groups -OCH3 is 1.